The van der Waals surface area contributed by atoms with E-state index in [0.717, 1.165) is 61.9 Å². The number of hydrogen-bond acceptors (Lipinski definition) is 8. The Balaban J connectivity index is 1.14. The highest BCUT2D eigenvalue weighted by atomic mass is 16.5. The Bertz CT molecular complexity index is 921. The molecular formula is C24H34N4O5. The molecule has 1 amide bonds. The number of aliphatic hydroxyl groups excluding tert-OH is 2. The molecule has 0 radical (unpaired) electrons. The average molecular weight is 459 g/mol. The lowest BCUT2D eigenvalue weighted by Crippen LogP contribution is -2.34. The molecular weight excluding hydrogens is 424 g/mol. The summed E-state index contributed by atoms with van der Waals surface area (Å²) in [5.41, 5.74) is 1.34. The van der Waals surface area contributed by atoms with Crippen molar-refractivity contribution in [1.29, 1.82) is 0 Å². The highest BCUT2D eigenvalue weighted by molar-refractivity contribution is 5.95. The second-order valence-electron chi connectivity index (χ2n) is 9.15. The predicted molar refractivity (Wildman–Crippen MR) is 123 cm³/mol. The fourth-order valence-corrected chi connectivity index (χ4v) is 4.19. The van der Waals surface area contributed by atoms with Gasteiger partial charge in [-0.1, -0.05) is 0 Å². The number of piperidine rings is 1. The van der Waals surface area contributed by atoms with Gasteiger partial charge in [0.1, 0.15) is 5.75 Å². The number of carbonyl (C=O) groups excluding carboxylic acids is 1. The Kier molecular flexibility index (Phi) is 7.82. The van der Waals surface area contributed by atoms with E-state index in [1.54, 1.807) is 12.1 Å². The maximum Gasteiger partial charge on any atom is 0.266 e. The van der Waals surface area contributed by atoms with Crippen LogP contribution in [0.3, 0.4) is 0 Å². The van der Waals surface area contributed by atoms with Crippen LogP contribution in [0.5, 0.6) is 5.75 Å². The fraction of sp³-hybridized carbons (Fsp3) is 0.625. The molecule has 4 rings (SSSR count). The van der Waals surface area contributed by atoms with Crippen LogP contribution in [0.2, 0.25) is 0 Å². The van der Waals surface area contributed by atoms with Gasteiger partial charge in [-0.15, -0.1) is 0 Å². The van der Waals surface area contributed by atoms with Crippen molar-refractivity contribution < 1.29 is 24.3 Å². The van der Waals surface area contributed by atoms with Crippen LogP contribution < -0.4 is 15.0 Å². The van der Waals surface area contributed by atoms with Crippen molar-refractivity contribution in [3.63, 3.8) is 0 Å². The molecule has 0 unspecified atom stereocenters. The average Bonchev–Trinajstić information content (AvgIpc) is 3.57. The van der Waals surface area contributed by atoms with Crippen LogP contribution in [-0.4, -0.2) is 65.2 Å². The maximum absolute atomic E-state index is 12.2. The molecule has 1 aromatic carbocycles. The summed E-state index contributed by atoms with van der Waals surface area (Å²) in [4.78, 5) is 19.0. The van der Waals surface area contributed by atoms with Crippen LogP contribution in [0.25, 0.3) is 0 Å². The summed E-state index contributed by atoms with van der Waals surface area (Å²) in [5.74, 6) is 3.19. The van der Waals surface area contributed by atoms with Gasteiger partial charge in [0.15, 0.2) is 0 Å². The summed E-state index contributed by atoms with van der Waals surface area (Å²) < 4.78 is 11.3. The Morgan fingerprint density at radius 1 is 1.30 bits per heavy atom. The number of amides is 1. The first-order chi connectivity index (χ1) is 16.0. The standard InChI is InChI=1S/C24H34N4O5/c1-16-13-20(6-7-21(16)22(31)25-14-19(30)15-29)32-12-2-3-17-8-10-28(11-9-17)24-26-23(33-27-24)18-4-5-18/h6-7,13,17-19,29-30H,2-5,8-12,14-15H2,1H3,(H,25,31)/t19-/m0/s1. The first-order valence-corrected chi connectivity index (χ1v) is 11.9. The molecule has 1 saturated carbocycles. The third-order valence-electron chi connectivity index (χ3n) is 6.43. The number of anilines is 1. The van der Waals surface area contributed by atoms with E-state index in [0.29, 0.717) is 24.0 Å². The lowest BCUT2D eigenvalue weighted by molar-refractivity contribution is 0.0801. The first-order valence-electron chi connectivity index (χ1n) is 11.9. The van der Waals surface area contributed by atoms with Gasteiger partial charge >= 0.3 is 0 Å². The van der Waals surface area contributed by atoms with E-state index in [1.807, 2.05) is 13.0 Å². The van der Waals surface area contributed by atoms with Crippen molar-refractivity contribution in [3.05, 3.63) is 35.2 Å². The minimum Gasteiger partial charge on any atom is -0.494 e. The molecule has 1 aromatic heterocycles. The maximum atomic E-state index is 12.2. The fourth-order valence-electron chi connectivity index (χ4n) is 4.19. The molecule has 0 spiro atoms. The van der Waals surface area contributed by atoms with E-state index < -0.39 is 6.10 Å². The van der Waals surface area contributed by atoms with Gasteiger partial charge in [0.2, 0.25) is 5.89 Å². The third-order valence-corrected chi connectivity index (χ3v) is 6.43. The molecule has 3 N–H and O–H groups in total. The Morgan fingerprint density at radius 2 is 2.09 bits per heavy atom. The predicted octanol–water partition coefficient (Wildman–Crippen LogP) is 2.41. The van der Waals surface area contributed by atoms with Crippen molar-refractivity contribution in [2.45, 2.75) is 57.5 Å². The monoisotopic (exact) mass is 458 g/mol. The Hall–Kier alpha value is -2.65. The zero-order valence-corrected chi connectivity index (χ0v) is 19.2. The molecule has 2 aliphatic rings. The number of nitrogens with one attached hydrogen (secondary N) is 1. The van der Waals surface area contributed by atoms with Gasteiger partial charge in [0.05, 0.1) is 19.3 Å². The van der Waals surface area contributed by atoms with Crippen molar-refractivity contribution in [2.24, 2.45) is 5.92 Å². The first kappa shape index (κ1) is 23.5. The summed E-state index contributed by atoms with van der Waals surface area (Å²) in [6, 6.07) is 5.38. The zero-order chi connectivity index (χ0) is 23.2. The summed E-state index contributed by atoms with van der Waals surface area (Å²) in [5, 5.41) is 25.0. The molecule has 33 heavy (non-hydrogen) atoms. The van der Waals surface area contributed by atoms with E-state index in [4.69, 9.17) is 14.4 Å². The van der Waals surface area contributed by atoms with Gasteiger partial charge in [-0.25, -0.2) is 0 Å². The minimum atomic E-state index is -0.955. The van der Waals surface area contributed by atoms with Crippen LogP contribution in [0.4, 0.5) is 5.95 Å². The SMILES string of the molecule is Cc1cc(OCCCC2CCN(c3noc(C4CC4)n3)CC2)ccc1C(=O)NC[C@H](O)CO. The summed E-state index contributed by atoms with van der Waals surface area (Å²) >= 11 is 0. The van der Waals surface area contributed by atoms with Crippen LogP contribution in [-0.2, 0) is 0 Å². The third kappa shape index (κ3) is 6.45. The lowest BCUT2D eigenvalue weighted by atomic mass is 9.92. The highest BCUT2D eigenvalue weighted by Gasteiger charge is 2.31. The lowest BCUT2D eigenvalue weighted by Gasteiger charge is -2.30. The van der Waals surface area contributed by atoms with Gasteiger partial charge in [0.25, 0.3) is 11.9 Å². The number of ether oxygens (including phenoxy) is 1. The van der Waals surface area contributed by atoms with Gasteiger partial charge in [-0.3, -0.25) is 4.79 Å². The number of aryl methyl sites for hydroxylation is 1. The molecule has 2 aromatic rings. The van der Waals surface area contributed by atoms with E-state index in [-0.39, 0.29) is 19.1 Å². The topological polar surface area (TPSA) is 121 Å². The molecule has 1 aliphatic carbocycles. The Morgan fingerprint density at radius 3 is 2.79 bits per heavy atom. The summed E-state index contributed by atoms with van der Waals surface area (Å²) in [6.45, 7) is 4.06. The van der Waals surface area contributed by atoms with Crippen molar-refractivity contribution in [3.8, 4) is 5.75 Å². The number of rotatable bonds is 11. The van der Waals surface area contributed by atoms with E-state index >= 15 is 0 Å². The summed E-state index contributed by atoms with van der Waals surface area (Å²) in [6.07, 6.45) is 5.74. The smallest absolute Gasteiger partial charge is 0.266 e. The molecule has 9 nitrogen and oxygen atoms in total. The minimum absolute atomic E-state index is 0.0164. The van der Waals surface area contributed by atoms with E-state index in [1.165, 1.54) is 12.8 Å². The Labute approximate surface area is 194 Å². The second kappa shape index (κ2) is 11.0. The van der Waals surface area contributed by atoms with Gasteiger partial charge < -0.3 is 29.7 Å². The summed E-state index contributed by atoms with van der Waals surface area (Å²) in [7, 11) is 0. The van der Waals surface area contributed by atoms with Gasteiger partial charge in [-0.2, -0.15) is 4.98 Å². The molecule has 0 bridgehead atoms. The molecule has 1 atom stereocenters. The molecule has 2 heterocycles. The largest absolute Gasteiger partial charge is 0.494 e. The normalized spacial score (nSPS) is 17.7. The van der Waals surface area contributed by atoms with Gasteiger partial charge in [-0.05, 0) is 80.3 Å². The second-order valence-corrected chi connectivity index (χ2v) is 9.15. The number of aliphatic hydroxyl groups is 2. The number of nitrogens with zero attached hydrogens (tertiary/aromatic N) is 3. The van der Waals surface area contributed by atoms with Crippen molar-refractivity contribution >= 4 is 11.9 Å². The van der Waals surface area contributed by atoms with Crippen LogP contribution >= 0.6 is 0 Å². The molecule has 1 saturated heterocycles. The number of aromatic nitrogens is 2. The highest BCUT2D eigenvalue weighted by Crippen LogP contribution is 2.39. The molecule has 180 valence electrons. The van der Waals surface area contributed by atoms with Crippen LogP contribution in [0.1, 0.15) is 66.3 Å². The molecule has 9 heteroatoms. The van der Waals surface area contributed by atoms with E-state index in [2.05, 4.69) is 20.4 Å². The quantitative estimate of drug-likeness (QED) is 0.439. The van der Waals surface area contributed by atoms with E-state index in [9.17, 15) is 9.90 Å². The zero-order valence-electron chi connectivity index (χ0n) is 19.2. The molecule has 2 fully saturated rings. The number of hydrogen-bond donors (Lipinski definition) is 3. The van der Waals surface area contributed by atoms with Crippen LogP contribution in [0, 0.1) is 12.8 Å². The number of benzene rings is 1. The van der Waals surface area contributed by atoms with Gasteiger partial charge in [0, 0.05) is 31.1 Å². The number of carbonyl (C=O) groups is 1. The van der Waals surface area contributed by atoms with Crippen molar-refractivity contribution in [1.82, 2.24) is 15.5 Å². The van der Waals surface area contributed by atoms with Crippen molar-refractivity contribution in [2.75, 3.05) is 37.7 Å². The molecule has 1 aliphatic heterocycles. The van der Waals surface area contributed by atoms with Crippen LogP contribution in [0.15, 0.2) is 22.7 Å².